The molecule has 0 aromatic heterocycles. The van der Waals surface area contributed by atoms with Crippen molar-refractivity contribution in [2.45, 2.75) is 65.6 Å². The first-order chi connectivity index (χ1) is 19.0. The van der Waals surface area contributed by atoms with E-state index >= 15 is 0 Å². The molecular weight excluding hydrogens is 522 g/mol. The van der Waals surface area contributed by atoms with Gasteiger partial charge in [-0.2, -0.15) is 0 Å². The number of carbonyl (C=O) groups is 2. The SMILES string of the molecule is CCc1ccccc1N(CC(=O)N(Cc1ccc(C)cc1)[C@H](Cc1ccccc1)C(=O)N[C@@H](C)CC)S(C)(=O)=O. The number of nitrogens with one attached hydrogen (secondary N) is 1. The molecule has 8 heteroatoms. The largest absolute Gasteiger partial charge is 0.352 e. The van der Waals surface area contributed by atoms with Crippen molar-refractivity contribution in [2.24, 2.45) is 0 Å². The number of para-hydroxylation sites is 1. The summed E-state index contributed by atoms with van der Waals surface area (Å²) in [5.41, 5.74) is 4.13. The summed E-state index contributed by atoms with van der Waals surface area (Å²) in [6.45, 7) is 7.60. The molecule has 0 radical (unpaired) electrons. The number of carbonyl (C=O) groups excluding carboxylic acids is 2. The van der Waals surface area contributed by atoms with Gasteiger partial charge < -0.3 is 10.2 Å². The highest BCUT2D eigenvalue weighted by Crippen LogP contribution is 2.24. The maximum atomic E-state index is 14.2. The van der Waals surface area contributed by atoms with E-state index in [2.05, 4.69) is 5.32 Å². The molecule has 214 valence electrons. The summed E-state index contributed by atoms with van der Waals surface area (Å²) in [6.07, 6.45) is 2.75. The van der Waals surface area contributed by atoms with Gasteiger partial charge in [-0.25, -0.2) is 8.42 Å². The number of aryl methyl sites for hydroxylation is 2. The Balaban J connectivity index is 2.07. The molecule has 7 nitrogen and oxygen atoms in total. The van der Waals surface area contributed by atoms with Crippen LogP contribution >= 0.6 is 0 Å². The average Bonchev–Trinajstić information content (AvgIpc) is 2.94. The fraction of sp³-hybridized carbons (Fsp3) is 0.375. The Morgan fingerprint density at radius 3 is 2.10 bits per heavy atom. The molecule has 3 aromatic carbocycles. The molecule has 0 aliphatic rings. The smallest absolute Gasteiger partial charge is 0.244 e. The summed E-state index contributed by atoms with van der Waals surface area (Å²) in [6, 6.07) is 23.6. The van der Waals surface area contributed by atoms with E-state index in [0.29, 0.717) is 18.5 Å². The highest BCUT2D eigenvalue weighted by atomic mass is 32.2. The zero-order chi connectivity index (χ0) is 29.3. The lowest BCUT2D eigenvalue weighted by molar-refractivity contribution is -0.140. The van der Waals surface area contributed by atoms with E-state index in [0.717, 1.165) is 39.2 Å². The van der Waals surface area contributed by atoms with Gasteiger partial charge >= 0.3 is 0 Å². The number of hydrogen-bond acceptors (Lipinski definition) is 4. The zero-order valence-corrected chi connectivity index (χ0v) is 24.9. The van der Waals surface area contributed by atoms with Crippen molar-refractivity contribution in [2.75, 3.05) is 17.1 Å². The van der Waals surface area contributed by atoms with Crippen LogP contribution in [0.25, 0.3) is 0 Å². The van der Waals surface area contributed by atoms with E-state index in [1.165, 1.54) is 4.90 Å². The van der Waals surface area contributed by atoms with Gasteiger partial charge in [-0.15, -0.1) is 0 Å². The number of hydrogen-bond donors (Lipinski definition) is 1. The van der Waals surface area contributed by atoms with Gasteiger partial charge in [-0.3, -0.25) is 13.9 Å². The van der Waals surface area contributed by atoms with Crippen molar-refractivity contribution < 1.29 is 18.0 Å². The molecule has 0 bridgehead atoms. The Kier molecular flexibility index (Phi) is 10.9. The standard InChI is InChI=1S/C32H41N3O4S/c1-6-25(4)33-32(37)30(21-26-13-9-8-10-14-26)34(22-27-19-17-24(3)18-20-27)31(36)23-35(40(5,38)39)29-16-12-11-15-28(29)7-2/h8-20,25,30H,6-7,21-23H2,1-5H3,(H,33,37)/t25-,30+/m0/s1. The molecule has 3 aromatic rings. The molecule has 0 saturated carbocycles. The topological polar surface area (TPSA) is 86.8 Å². The van der Waals surface area contributed by atoms with E-state index in [1.807, 2.05) is 94.4 Å². The zero-order valence-electron chi connectivity index (χ0n) is 24.1. The van der Waals surface area contributed by atoms with E-state index in [9.17, 15) is 18.0 Å². The second-order valence-corrected chi connectivity index (χ2v) is 12.2. The molecular formula is C32H41N3O4S. The van der Waals surface area contributed by atoms with Gasteiger partial charge in [0.15, 0.2) is 0 Å². The normalized spacial score (nSPS) is 12.8. The molecule has 0 aliphatic heterocycles. The van der Waals surface area contributed by atoms with Crippen molar-refractivity contribution >= 4 is 27.5 Å². The quantitative estimate of drug-likeness (QED) is 0.321. The third-order valence-electron chi connectivity index (χ3n) is 7.07. The number of rotatable bonds is 13. The monoisotopic (exact) mass is 563 g/mol. The third kappa shape index (κ3) is 8.42. The number of nitrogens with zero attached hydrogens (tertiary/aromatic N) is 2. The van der Waals surface area contributed by atoms with Crippen molar-refractivity contribution in [3.63, 3.8) is 0 Å². The van der Waals surface area contributed by atoms with Crippen molar-refractivity contribution in [1.29, 1.82) is 0 Å². The summed E-state index contributed by atoms with van der Waals surface area (Å²) >= 11 is 0. The lowest BCUT2D eigenvalue weighted by Crippen LogP contribution is -2.54. The first-order valence-corrected chi connectivity index (χ1v) is 15.6. The number of amides is 2. The van der Waals surface area contributed by atoms with E-state index in [1.54, 1.807) is 12.1 Å². The lowest BCUT2D eigenvalue weighted by Gasteiger charge is -2.34. The Labute approximate surface area is 239 Å². The van der Waals surface area contributed by atoms with Crippen molar-refractivity contribution in [3.8, 4) is 0 Å². The summed E-state index contributed by atoms with van der Waals surface area (Å²) in [7, 11) is -3.80. The molecule has 3 rings (SSSR count). The highest BCUT2D eigenvalue weighted by molar-refractivity contribution is 7.92. The van der Waals surface area contributed by atoms with Crippen LogP contribution in [-0.2, 0) is 39.0 Å². The molecule has 0 heterocycles. The Bertz CT molecular complexity index is 1370. The lowest BCUT2D eigenvalue weighted by atomic mass is 10.0. The minimum atomic E-state index is -3.80. The van der Waals surface area contributed by atoms with Crippen LogP contribution in [0.2, 0.25) is 0 Å². The van der Waals surface area contributed by atoms with Crippen LogP contribution in [0.5, 0.6) is 0 Å². The maximum Gasteiger partial charge on any atom is 0.244 e. The van der Waals surface area contributed by atoms with Crippen molar-refractivity contribution in [1.82, 2.24) is 10.2 Å². The van der Waals surface area contributed by atoms with Gasteiger partial charge in [0.05, 0.1) is 11.9 Å². The molecule has 1 N–H and O–H groups in total. The minimum Gasteiger partial charge on any atom is -0.352 e. The van der Waals surface area contributed by atoms with Crippen LogP contribution in [0.3, 0.4) is 0 Å². The number of anilines is 1. The Morgan fingerprint density at radius 1 is 0.875 bits per heavy atom. The molecule has 0 unspecified atom stereocenters. The van der Waals surface area contributed by atoms with Gasteiger partial charge in [-0.05, 0) is 49.4 Å². The summed E-state index contributed by atoms with van der Waals surface area (Å²) in [5, 5.41) is 3.05. The van der Waals surface area contributed by atoms with Crippen LogP contribution in [0.4, 0.5) is 5.69 Å². The molecule has 2 atom stereocenters. The van der Waals surface area contributed by atoms with Crippen LogP contribution in [0.15, 0.2) is 78.9 Å². The highest BCUT2D eigenvalue weighted by Gasteiger charge is 2.33. The number of benzene rings is 3. The fourth-order valence-corrected chi connectivity index (χ4v) is 5.41. The predicted octanol–water partition coefficient (Wildman–Crippen LogP) is 4.88. The third-order valence-corrected chi connectivity index (χ3v) is 8.19. The fourth-order valence-electron chi connectivity index (χ4n) is 4.53. The minimum absolute atomic E-state index is 0.0777. The Morgan fingerprint density at radius 2 is 1.50 bits per heavy atom. The molecule has 40 heavy (non-hydrogen) atoms. The molecule has 0 fully saturated rings. The van der Waals surface area contributed by atoms with Crippen LogP contribution in [0.1, 0.15) is 49.4 Å². The maximum absolute atomic E-state index is 14.2. The van der Waals surface area contributed by atoms with Crippen molar-refractivity contribution in [3.05, 3.63) is 101 Å². The average molecular weight is 564 g/mol. The van der Waals surface area contributed by atoms with E-state index < -0.39 is 28.5 Å². The second-order valence-electron chi connectivity index (χ2n) is 10.3. The van der Waals surface area contributed by atoms with Gasteiger partial charge in [0.2, 0.25) is 21.8 Å². The summed E-state index contributed by atoms with van der Waals surface area (Å²) in [5.74, 6) is -0.712. The molecule has 0 aliphatic carbocycles. The number of sulfonamides is 1. The molecule has 0 saturated heterocycles. The van der Waals surface area contributed by atoms with E-state index in [-0.39, 0.29) is 18.5 Å². The van der Waals surface area contributed by atoms with Gasteiger partial charge in [0.25, 0.3) is 0 Å². The van der Waals surface area contributed by atoms with Crippen LogP contribution in [0, 0.1) is 6.92 Å². The van der Waals surface area contributed by atoms with Gasteiger partial charge in [-0.1, -0.05) is 92.2 Å². The predicted molar refractivity (Wildman–Crippen MR) is 162 cm³/mol. The first kappa shape index (κ1) is 30.9. The second kappa shape index (κ2) is 14.1. The van der Waals surface area contributed by atoms with Crippen LogP contribution < -0.4 is 9.62 Å². The van der Waals surface area contributed by atoms with Crippen LogP contribution in [-0.4, -0.2) is 50.0 Å². The Hall–Kier alpha value is -3.65. The first-order valence-electron chi connectivity index (χ1n) is 13.8. The van der Waals surface area contributed by atoms with E-state index in [4.69, 9.17) is 0 Å². The van der Waals surface area contributed by atoms with Gasteiger partial charge in [0.1, 0.15) is 12.6 Å². The van der Waals surface area contributed by atoms with Gasteiger partial charge in [0, 0.05) is 19.0 Å². The molecule has 0 spiro atoms. The molecule has 2 amide bonds. The summed E-state index contributed by atoms with van der Waals surface area (Å²) in [4.78, 5) is 29.4. The summed E-state index contributed by atoms with van der Waals surface area (Å²) < 4.78 is 27.2.